The Bertz CT molecular complexity index is 654. The second kappa shape index (κ2) is 5.90. The van der Waals surface area contributed by atoms with Crippen LogP contribution in [0.25, 0.3) is 11.4 Å². The summed E-state index contributed by atoms with van der Waals surface area (Å²) in [7, 11) is 1.59. The number of nitrogens with zero attached hydrogens (tertiary/aromatic N) is 2. The molecule has 21 heavy (non-hydrogen) atoms. The van der Waals surface area contributed by atoms with Gasteiger partial charge in [-0.3, -0.25) is 0 Å². The lowest BCUT2D eigenvalue weighted by atomic mass is 10.0. The molecule has 1 aromatic carbocycles. The molecule has 2 N–H and O–H groups in total. The Morgan fingerprint density at radius 1 is 1.19 bits per heavy atom. The summed E-state index contributed by atoms with van der Waals surface area (Å²) in [4.78, 5) is 9.03. The summed E-state index contributed by atoms with van der Waals surface area (Å²) in [5.41, 5.74) is 7.85. The van der Waals surface area contributed by atoms with E-state index in [2.05, 4.69) is 4.98 Å². The summed E-state index contributed by atoms with van der Waals surface area (Å²) >= 11 is 6.17. The van der Waals surface area contributed by atoms with E-state index in [0.29, 0.717) is 28.3 Å². The predicted molar refractivity (Wildman–Crippen MR) is 84.7 cm³/mol. The first-order chi connectivity index (χ1) is 10.2. The summed E-state index contributed by atoms with van der Waals surface area (Å²) < 4.78 is 5.17. The minimum Gasteiger partial charge on any atom is -0.495 e. The zero-order valence-corrected chi connectivity index (χ0v) is 12.7. The molecule has 3 rings (SSSR count). The van der Waals surface area contributed by atoms with Crippen LogP contribution >= 0.6 is 11.6 Å². The molecule has 0 saturated heterocycles. The standard InChI is InChI=1S/C16H18ClN3O/c1-21-14-7-6-11(8-12(14)17)16-19-13(9-15(18)20-16)10-4-2-3-5-10/h6-10H,2-5H2,1H3,(H2,18,19,20). The molecule has 0 aliphatic heterocycles. The Hall–Kier alpha value is -1.81. The highest BCUT2D eigenvalue weighted by atomic mass is 35.5. The third-order valence-corrected chi connectivity index (χ3v) is 4.24. The van der Waals surface area contributed by atoms with Crippen LogP contribution in [0, 0.1) is 0 Å². The van der Waals surface area contributed by atoms with Crippen molar-refractivity contribution in [3.63, 3.8) is 0 Å². The monoisotopic (exact) mass is 303 g/mol. The van der Waals surface area contributed by atoms with E-state index in [1.165, 1.54) is 25.7 Å². The molecule has 1 aliphatic rings. The fourth-order valence-corrected chi connectivity index (χ4v) is 3.11. The van der Waals surface area contributed by atoms with Crippen molar-refractivity contribution in [2.75, 3.05) is 12.8 Å². The maximum Gasteiger partial charge on any atom is 0.161 e. The number of nitrogens with two attached hydrogens (primary N) is 1. The van der Waals surface area contributed by atoms with Gasteiger partial charge in [0.25, 0.3) is 0 Å². The number of anilines is 1. The molecule has 2 aromatic rings. The first kappa shape index (κ1) is 14.1. The summed E-state index contributed by atoms with van der Waals surface area (Å²) in [6, 6.07) is 7.43. The lowest BCUT2D eigenvalue weighted by Crippen LogP contribution is -2.03. The number of hydrogen-bond acceptors (Lipinski definition) is 4. The van der Waals surface area contributed by atoms with Crippen molar-refractivity contribution in [2.45, 2.75) is 31.6 Å². The second-order valence-corrected chi connectivity index (χ2v) is 5.78. The number of ether oxygens (including phenoxy) is 1. The molecular formula is C16H18ClN3O. The molecule has 1 saturated carbocycles. The van der Waals surface area contributed by atoms with Crippen LogP contribution in [0.1, 0.15) is 37.3 Å². The fourth-order valence-electron chi connectivity index (χ4n) is 2.85. The molecule has 0 amide bonds. The van der Waals surface area contributed by atoms with Crippen molar-refractivity contribution in [3.8, 4) is 17.1 Å². The normalized spacial score (nSPS) is 15.3. The van der Waals surface area contributed by atoms with E-state index in [4.69, 9.17) is 27.1 Å². The van der Waals surface area contributed by atoms with Crippen LogP contribution in [-0.2, 0) is 0 Å². The molecule has 0 radical (unpaired) electrons. The first-order valence-corrected chi connectivity index (χ1v) is 7.53. The molecule has 0 spiro atoms. The van der Waals surface area contributed by atoms with Gasteiger partial charge >= 0.3 is 0 Å². The van der Waals surface area contributed by atoms with Crippen molar-refractivity contribution in [3.05, 3.63) is 35.0 Å². The molecule has 0 unspecified atom stereocenters. The quantitative estimate of drug-likeness (QED) is 0.929. The maximum atomic E-state index is 6.17. The Balaban J connectivity index is 1.99. The van der Waals surface area contributed by atoms with Crippen LogP contribution in [0.3, 0.4) is 0 Å². The zero-order chi connectivity index (χ0) is 14.8. The number of hydrogen-bond donors (Lipinski definition) is 1. The van der Waals surface area contributed by atoms with Gasteiger partial charge in [-0.15, -0.1) is 0 Å². The van der Waals surface area contributed by atoms with E-state index >= 15 is 0 Å². The van der Waals surface area contributed by atoms with E-state index in [0.717, 1.165) is 11.3 Å². The van der Waals surface area contributed by atoms with Crippen LogP contribution < -0.4 is 10.5 Å². The van der Waals surface area contributed by atoms with Gasteiger partial charge in [0.05, 0.1) is 12.1 Å². The lowest BCUT2D eigenvalue weighted by molar-refractivity contribution is 0.415. The third-order valence-electron chi connectivity index (χ3n) is 3.95. The molecule has 0 atom stereocenters. The predicted octanol–water partition coefficient (Wildman–Crippen LogP) is 4.05. The second-order valence-electron chi connectivity index (χ2n) is 5.37. The van der Waals surface area contributed by atoms with Gasteiger partial charge in [-0.05, 0) is 31.0 Å². The number of aromatic nitrogens is 2. The highest BCUT2D eigenvalue weighted by molar-refractivity contribution is 6.32. The summed E-state index contributed by atoms with van der Waals surface area (Å²) in [6.07, 6.45) is 4.88. The first-order valence-electron chi connectivity index (χ1n) is 7.16. The zero-order valence-electron chi connectivity index (χ0n) is 12.0. The van der Waals surface area contributed by atoms with Crippen LogP contribution in [0.2, 0.25) is 5.02 Å². The number of benzene rings is 1. The number of nitrogen functional groups attached to an aromatic ring is 1. The van der Waals surface area contributed by atoms with Crippen LogP contribution in [0.4, 0.5) is 5.82 Å². The number of rotatable bonds is 3. The summed E-state index contributed by atoms with van der Waals surface area (Å²) in [5.74, 6) is 2.28. The SMILES string of the molecule is COc1ccc(-c2nc(N)cc(C3CCCC3)n2)cc1Cl. The van der Waals surface area contributed by atoms with Crippen molar-refractivity contribution in [1.29, 1.82) is 0 Å². The molecular weight excluding hydrogens is 286 g/mol. The van der Waals surface area contributed by atoms with Gasteiger partial charge in [-0.1, -0.05) is 24.4 Å². The number of halogens is 1. The maximum absolute atomic E-state index is 6.17. The highest BCUT2D eigenvalue weighted by Crippen LogP contribution is 2.35. The Kier molecular flexibility index (Phi) is 3.97. The fraction of sp³-hybridized carbons (Fsp3) is 0.375. The van der Waals surface area contributed by atoms with Crippen LogP contribution in [0.15, 0.2) is 24.3 Å². The molecule has 110 valence electrons. The van der Waals surface area contributed by atoms with Gasteiger partial charge in [0.15, 0.2) is 5.82 Å². The molecule has 4 nitrogen and oxygen atoms in total. The summed E-state index contributed by atoms with van der Waals surface area (Å²) in [6.45, 7) is 0. The molecule has 1 heterocycles. The minimum absolute atomic E-state index is 0.503. The third kappa shape index (κ3) is 2.95. The van der Waals surface area contributed by atoms with E-state index in [1.807, 2.05) is 24.3 Å². The lowest BCUT2D eigenvalue weighted by Gasteiger charge is -2.11. The molecule has 5 heteroatoms. The van der Waals surface area contributed by atoms with Crippen molar-refractivity contribution < 1.29 is 4.74 Å². The largest absolute Gasteiger partial charge is 0.495 e. The van der Waals surface area contributed by atoms with Crippen molar-refractivity contribution in [1.82, 2.24) is 9.97 Å². The van der Waals surface area contributed by atoms with Crippen LogP contribution in [-0.4, -0.2) is 17.1 Å². The van der Waals surface area contributed by atoms with Gasteiger partial charge in [0.1, 0.15) is 11.6 Å². The van der Waals surface area contributed by atoms with E-state index in [1.54, 1.807) is 7.11 Å². The van der Waals surface area contributed by atoms with Gasteiger partial charge < -0.3 is 10.5 Å². The van der Waals surface area contributed by atoms with Crippen molar-refractivity contribution >= 4 is 17.4 Å². The molecule has 1 aromatic heterocycles. The molecule has 1 fully saturated rings. The van der Waals surface area contributed by atoms with Gasteiger partial charge in [-0.2, -0.15) is 0 Å². The van der Waals surface area contributed by atoms with Crippen LogP contribution in [0.5, 0.6) is 5.75 Å². The minimum atomic E-state index is 0.503. The number of methoxy groups -OCH3 is 1. The smallest absolute Gasteiger partial charge is 0.161 e. The van der Waals surface area contributed by atoms with E-state index in [-0.39, 0.29) is 0 Å². The Morgan fingerprint density at radius 2 is 1.95 bits per heavy atom. The van der Waals surface area contributed by atoms with Gasteiger partial charge in [0.2, 0.25) is 0 Å². The topological polar surface area (TPSA) is 61.0 Å². The van der Waals surface area contributed by atoms with Gasteiger partial charge in [-0.25, -0.2) is 9.97 Å². The van der Waals surface area contributed by atoms with Gasteiger partial charge in [0, 0.05) is 23.2 Å². The molecule has 0 bridgehead atoms. The Labute approximate surface area is 129 Å². The average molecular weight is 304 g/mol. The molecule has 1 aliphatic carbocycles. The van der Waals surface area contributed by atoms with Crippen molar-refractivity contribution in [2.24, 2.45) is 0 Å². The van der Waals surface area contributed by atoms with E-state index in [9.17, 15) is 0 Å². The Morgan fingerprint density at radius 3 is 2.62 bits per heavy atom. The highest BCUT2D eigenvalue weighted by Gasteiger charge is 2.20. The summed E-state index contributed by atoms with van der Waals surface area (Å²) in [5, 5.41) is 0.545. The average Bonchev–Trinajstić information content (AvgIpc) is 3.01. The van der Waals surface area contributed by atoms with E-state index < -0.39 is 0 Å².